The fraction of sp³-hybridized carbons (Fsp3) is 0.263. The molecule has 0 saturated carbocycles. The summed E-state index contributed by atoms with van der Waals surface area (Å²) in [6, 6.07) is 2.13. The van der Waals surface area contributed by atoms with E-state index in [0.717, 1.165) is 12.1 Å². The van der Waals surface area contributed by atoms with Crippen LogP contribution < -0.4 is 5.32 Å². The largest absolute Gasteiger partial charge is 0.392 e. The number of aryl methyl sites for hydroxylation is 1. The molecule has 0 spiro atoms. The molecular formula is C19H17F3N6O2. The number of benzene rings is 1. The summed E-state index contributed by atoms with van der Waals surface area (Å²) in [4.78, 5) is 27.5. The first-order valence-electron chi connectivity index (χ1n) is 8.98. The molecule has 1 aromatic carbocycles. The summed E-state index contributed by atoms with van der Waals surface area (Å²) in [5.41, 5.74) is 1.74. The molecule has 0 fully saturated rings. The summed E-state index contributed by atoms with van der Waals surface area (Å²) in [5, 5.41) is 12.4. The van der Waals surface area contributed by atoms with Crippen LogP contribution in [-0.2, 0) is 6.61 Å². The minimum Gasteiger partial charge on any atom is -0.392 e. The average Bonchev–Trinajstić information content (AvgIpc) is 3.17. The van der Waals surface area contributed by atoms with Crippen molar-refractivity contribution < 1.29 is 23.1 Å². The van der Waals surface area contributed by atoms with Crippen molar-refractivity contribution >= 4 is 23.6 Å². The van der Waals surface area contributed by atoms with E-state index < -0.39 is 29.5 Å². The summed E-state index contributed by atoms with van der Waals surface area (Å²) < 4.78 is 41.1. The fourth-order valence-electron chi connectivity index (χ4n) is 3.30. The molecule has 2 N–H and O–H groups in total. The normalized spacial score (nSPS) is 18.3. The van der Waals surface area contributed by atoms with E-state index in [-0.39, 0.29) is 30.6 Å². The van der Waals surface area contributed by atoms with Crippen LogP contribution in [-0.4, -0.2) is 51.4 Å². The lowest BCUT2D eigenvalue weighted by atomic mass is 10.1. The number of aliphatic hydroxyl groups is 1. The molecule has 2 amide bonds. The van der Waals surface area contributed by atoms with Gasteiger partial charge in [0.15, 0.2) is 17.5 Å². The molecule has 1 atom stereocenters. The molecule has 2 aliphatic rings. The zero-order chi connectivity index (χ0) is 21.6. The first-order chi connectivity index (χ1) is 14.3. The number of aliphatic hydroxyl groups excluding tert-OH is 1. The smallest absolute Gasteiger partial charge is 0.353 e. The number of carbonyl (C=O) groups is 1. The lowest BCUT2D eigenvalue weighted by Gasteiger charge is -2.35. The van der Waals surface area contributed by atoms with Gasteiger partial charge in [0, 0.05) is 13.2 Å². The highest BCUT2D eigenvalue weighted by Gasteiger charge is 2.41. The van der Waals surface area contributed by atoms with Crippen molar-refractivity contribution in [3.8, 4) is 0 Å². The van der Waals surface area contributed by atoms with Crippen LogP contribution in [0.3, 0.4) is 0 Å². The zero-order valence-corrected chi connectivity index (χ0v) is 16.0. The minimum atomic E-state index is -1.56. The van der Waals surface area contributed by atoms with Crippen LogP contribution in [0.1, 0.15) is 22.9 Å². The Balaban J connectivity index is 1.75. The Morgan fingerprint density at radius 3 is 2.60 bits per heavy atom. The summed E-state index contributed by atoms with van der Waals surface area (Å²) in [5.74, 6) is -3.89. The van der Waals surface area contributed by atoms with Crippen LogP contribution >= 0.6 is 0 Å². The Bertz CT molecular complexity index is 1080. The number of anilines is 1. The Kier molecular flexibility index (Phi) is 4.90. The van der Waals surface area contributed by atoms with Crippen LogP contribution in [0.2, 0.25) is 0 Å². The Morgan fingerprint density at radius 1 is 1.23 bits per heavy atom. The molecule has 11 heteroatoms. The number of aromatic nitrogens is 1. The van der Waals surface area contributed by atoms with Gasteiger partial charge in [-0.3, -0.25) is 14.8 Å². The molecule has 0 radical (unpaired) electrons. The molecule has 8 nitrogen and oxygen atoms in total. The predicted octanol–water partition coefficient (Wildman–Crippen LogP) is 2.55. The van der Waals surface area contributed by atoms with Crippen molar-refractivity contribution in [3.63, 3.8) is 0 Å². The monoisotopic (exact) mass is 418 g/mol. The number of hydrogen-bond donors (Lipinski definition) is 2. The third-order valence-electron chi connectivity index (χ3n) is 4.91. The molecule has 1 aromatic heterocycles. The van der Waals surface area contributed by atoms with Gasteiger partial charge in [0.05, 0.1) is 30.6 Å². The Hall–Kier alpha value is -3.47. The van der Waals surface area contributed by atoms with E-state index in [1.165, 1.54) is 23.0 Å². The van der Waals surface area contributed by atoms with Gasteiger partial charge in [-0.2, -0.15) is 4.99 Å². The summed E-state index contributed by atoms with van der Waals surface area (Å²) >= 11 is 0. The standard InChI is InChI=1S/C19H17F3N6O2/c1-9-14(3-10(8-29)6-23-9)25-17-26-19(30)27(2)18-24-7-15(28(17)18)11-4-12(20)16(22)13(21)5-11/h3-6,15,29H,7-8H2,1-2H3,(H,25,26,30). The van der Waals surface area contributed by atoms with Gasteiger partial charge in [-0.1, -0.05) is 0 Å². The Labute approximate surface area is 169 Å². The molecular weight excluding hydrogens is 401 g/mol. The van der Waals surface area contributed by atoms with E-state index in [1.54, 1.807) is 13.0 Å². The van der Waals surface area contributed by atoms with Crippen LogP contribution in [0.25, 0.3) is 0 Å². The average molecular weight is 418 g/mol. The molecule has 2 aliphatic heterocycles. The lowest BCUT2D eigenvalue weighted by molar-refractivity contribution is 0.230. The Morgan fingerprint density at radius 2 is 1.93 bits per heavy atom. The van der Waals surface area contributed by atoms with Crippen LogP contribution in [0, 0.1) is 24.4 Å². The molecule has 0 saturated heterocycles. The quantitative estimate of drug-likeness (QED) is 0.748. The molecule has 156 valence electrons. The van der Waals surface area contributed by atoms with Crippen molar-refractivity contribution in [2.24, 2.45) is 9.98 Å². The second-order valence-corrected chi connectivity index (χ2v) is 6.86. The summed E-state index contributed by atoms with van der Waals surface area (Å²) in [7, 11) is 1.47. The van der Waals surface area contributed by atoms with E-state index in [2.05, 4.69) is 20.3 Å². The van der Waals surface area contributed by atoms with Crippen molar-refractivity contribution in [2.75, 3.05) is 18.9 Å². The SMILES string of the molecule is Cc1ncc(CO)cc1NC1=NC(=O)N(C)C2=NCC(c3cc(F)c(F)c(F)c3)N12. The van der Waals surface area contributed by atoms with Gasteiger partial charge in [-0.05, 0) is 36.2 Å². The van der Waals surface area contributed by atoms with Gasteiger partial charge < -0.3 is 10.4 Å². The van der Waals surface area contributed by atoms with Gasteiger partial charge in [-0.15, -0.1) is 0 Å². The molecule has 2 aromatic rings. The topological polar surface area (TPSA) is 93.4 Å². The van der Waals surface area contributed by atoms with Gasteiger partial charge >= 0.3 is 6.03 Å². The number of nitrogens with one attached hydrogen (secondary N) is 1. The number of nitrogens with zero attached hydrogens (tertiary/aromatic N) is 5. The van der Waals surface area contributed by atoms with E-state index in [0.29, 0.717) is 16.9 Å². The first-order valence-corrected chi connectivity index (χ1v) is 8.98. The number of halogens is 3. The zero-order valence-electron chi connectivity index (χ0n) is 16.0. The number of guanidine groups is 2. The highest BCUT2D eigenvalue weighted by atomic mass is 19.2. The molecule has 1 unspecified atom stereocenters. The van der Waals surface area contributed by atoms with E-state index in [1.807, 2.05) is 0 Å². The van der Waals surface area contributed by atoms with Gasteiger partial charge in [0.25, 0.3) is 0 Å². The minimum absolute atomic E-state index is 0.0736. The third-order valence-corrected chi connectivity index (χ3v) is 4.91. The fourth-order valence-corrected chi connectivity index (χ4v) is 3.30. The van der Waals surface area contributed by atoms with Gasteiger partial charge in [-0.25, -0.2) is 23.0 Å². The van der Waals surface area contributed by atoms with E-state index >= 15 is 0 Å². The van der Waals surface area contributed by atoms with E-state index in [4.69, 9.17) is 0 Å². The van der Waals surface area contributed by atoms with Crippen LogP contribution in [0.4, 0.5) is 23.7 Å². The van der Waals surface area contributed by atoms with Crippen molar-refractivity contribution in [2.45, 2.75) is 19.6 Å². The number of urea groups is 1. The second kappa shape index (κ2) is 7.41. The molecule has 4 rings (SSSR count). The van der Waals surface area contributed by atoms with Crippen molar-refractivity contribution in [1.29, 1.82) is 0 Å². The van der Waals surface area contributed by atoms with Gasteiger partial charge in [0.2, 0.25) is 11.9 Å². The number of rotatable bonds is 3. The second-order valence-electron chi connectivity index (χ2n) is 6.86. The maximum atomic E-state index is 13.8. The maximum Gasteiger partial charge on any atom is 0.353 e. The van der Waals surface area contributed by atoms with E-state index in [9.17, 15) is 23.1 Å². The summed E-state index contributed by atoms with van der Waals surface area (Å²) in [6.45, 7) is 1.57. The van der Waals surface area contributed by atoms with Crippen LogP contribution in [0.15, 0.2) is 34.4 Å². The maximum absolute atomic E-state index is 13.8. The summed E-state index contributed by atoms with van der Waals surface area (Å²) in [6.07, 6.45) is 1.51. The predicted molar refractivity (Wildman–Crippen MR) is 102 cm³/mol. The number of carbonyl (C=O) groups excluding carboxylic acids is 1. The number of aliphatic imine (C=N–C) groups is 2. The van der Waals surface area contributed by atoms with Crippen LogP contribution in [0.5, 0.6) is 0 Å². The number of pyridine rings is 1. The molecule has 3 heterocycles. The first kappa shape index (κ1) is 19.8. The highest BCUT2D eigenvalue weighted by Crippen LogP contribution is 2.32. The molecule has 30 heavy (non-hydrogen) atoms. The number of hydrogen-bond acceptors (Lipinski definition) is 6. The van der Waals surface area contributed by atoms with Crippen molar-refractivity contribution in [3.05, 3.63) is 58.7 Å². The lowest BCUT2D eigenvalue weighted by Crippen LogP contribution is -2.53. The number of amides is 2. The highest BCUT2D eigenvalue weighted by molar-refractivity contribution is 6.17. The number of fused-ring (bicyclic) bond motifs is 1. The van der Waals surface area contributed by atoms with Crippen molar-refractivity contribution in [1.82, 2.24) is 14.8 Å². The third kappa shape index (κ3) is 3.26. The molecule has 0 aliphatic carbocycles. The van der Waals surface area contributed by atoms with Gasteiger partial charge in [0.1, 0.15) is 0 Å². The molecule has 0 bridgehead atoms.